The van der Waals surface area contributed by atoms with E-state index in [1.54, 1.807) is 9.58 Å². The van der Waals surface area contributed by atoms with Crippen LogP contribution < -0.4 is 0 Å². The first-order valence-corrected chi connectivity index (χ1v) is 7.84. The minimum atomic E-state index is -0.771. The summed E-state index contributed by atoms with van der Waals surface area (Å²) in [7, 11) is 0. The zero-order chi connectivity index (χ0) is 16.1. The molecule has 0 unspecified atom stereocenters. The maximum absolute atomic E-state index is 12.8. The van der Waals surface area contributed by atoms with Crippen LogP contribution in [0.5, 0.6) is 0 Å². The number of likely N-dealkylation sites (tertiary alicyclic amines) is 1. The minimum absolute atomic E-state index is 0.136. The summed E-state index contributed by atoms with van der Waals surface area (Å²) >= 11 is 0. The van der Waals surface area contributed by atoms with Crippen molar-refractivity contribution in [3.63, 3.8) is 0 Å². The molecule has 7 nitrogen and oxygen atoms in total. The maximum atomic E-state index is 12.8. The van der Waals surface area contributed by atoms with Crippen molar-refractivity contribution in [2.45, 2.75) is 58.5 Å². The molecule has 1 aliphatic carbocycles. The topological polar surface area (TPSA) is 88.3 Å². The van der Waals surface area contributed by atoms with Crippen LogP contribution in [0, 0.1) is 12.3 Å². The quantitative estimate of drug-likeness (QED) is 0.917. The Kier molecular flexibility index (Phi) is 3.45. The number of carbonyl (C=O) groups is 2. The van der Waals surface area contributed by atoms with Gasteiger partial charge in [0, 0.05) is 18.6 Å². The lowest BCUT2D eigenvalue weighted by atomic mass is 9.82. The normalized spacial score (nSPS) is 27.5. The number of nitrogens with zero attached hydrogens (tertiary/aromatic N) is 4. The largest absolute Gasteiger partial charge is 0.481 e. The molecular formula is C15H22N4O3. The minimum Gasteiger partial charge on any atom is -0.481 e. The highest BCUT2D eigenvalue weighted by Gasteiger charge is 2.57. The van der Waals surface area contributed by atoms with Gasteiger partial charge >= 0.3 is 5.97 Å². The standard InChI is InChI=1S/C15H22N4O3/c1-9(2)19-10(3)12(16-17-19)13(20)18-8-7-15(14(21)22)6-4-5-11(15)18/h9,11H,4-8H2,1-3H3,(H,21,22)/t11-,15+/m0/s1. The zero-order valence-electron chi connectivity index (χ0n) is 13.2. The molecule has 2 heterocycles. The first-order valence-electron chi connectivity index (χ1n) is 7.84. The monoisotopic (exact) mass is 306 g/mol. The lowest BCUT2D eigenvalue weighted by Gasteiger charge is -2.28. The van der Waals surface area contributed by atoms with Gasteiger partial charge in [0.15, 0.2) is 5.69 Å². The van der Waals surface area contributed by atoms with E-state index in [-0.39, 0.29) is 18.0 Å². The number of amides is 1. The van der Waals surface area contributed by atoms with Gasteiger partial charge in [-0.1, -0.05) is 11.6 Å². The summed E-state index contributed by atoms with van der Waals surface area (Å²) in [5.74, 6) is -0.952. The van der Waals surface area contributed by atoms with Crippen molar-refractivity contribution in [2.24, 2.45) is 5.41 Å². The molecule has 0 radical (unpaired) electrons. The molecule has 2 atom stereocenters. The summed E-state index contributed by atoms with van der Waals surface area (Å²) in [4.78, 5) is 26.2. The number of carbonyl (C=O) groups excluding carboxylic acids is 1. The molecule has 1 N–H and O–H groups in total. The average Bonchev–Trinajstić information content (AvgIpc) is 3.09. The summed E-state index contributed by atoms with van der Waals surface area (Å²) in [5.41, 5.74) is 0.338. The summed E-state index contributed by atoms with van der Waals surface area (Å²) < 4.78 is 1.72. The predicted octanol–water partition coefficient (Wildman–Crippen LogP) is 1.64. The average molecular weight is 306 g/mol. The molecule has 2 aliphatic rings. The Morgan fingerprint density at radius 3 is 2.68 bits per heavy atom. The van der Waals surface area contributed by atoms with Crippen LogP contribution >= 0.6 is 0 Å². The number of hydrogen-bond donors (Lipinski definition) is 1. The van der Waals surface area contributed by atoms with Crippen LogP contribution in [0.15, 0.2) is 0 Å². The number of fused-ring (bicyclic) bond motifs is 1. The number of carboxylic acids is 1. The Morgan fingerprint density at radius 2 is 2.09 bits per heavy atom. The molecule has 0 aromatic carbocycles. The lowest BCUT2D eigenvalue weighted by molar-refractivity contribution is -0.149. The van der Waals surface area contributed by atoms with E-state index in [0.29, 0.717) is 25.1 Å². The van der Waals surface area contributed by atoms with Crippen molar-refractivity contribution in [3.8, 4) is 0 Å². The molecule has 0 bridgehead atoms. The second-order valence-corrected chi connectivity index (χ2v) is 6.68. The first kappa shape index (κ1) is 15.0. The van der Waals surface area contributed by atoms with Crippen molar-refractivity contribution in [3.05, 3.63) is 11.4 Å². The van der Waals surface area contributed by atoms with E-state index in [1.807, 2.05) is 20.8 Å². The van der Waals surface area contributed by atoms with Crippen molar-refractivity contribution < 1.29 is 14.7 Å². The van der Waals surface area contributed by atoms with Crippen LogP contribution in [0.4, 0.5) is 0 Å². The second-order valence-electron chi connectivity index (χ2n) is 6.68. The molecule has 1 saturated heterocycles. The van der Waals surface area contributed by atoms with Crippen molar-refractivity contribution in [2.75, 3.05) is 6.54 Å². The predicted molar refractivity (Wildman–Crippen MR) is 78.5 cm³/mol. The van der Waals surface area contributed by atoms with Crippen LogP contribution in [-0.4, -0.2) is 49.5 Å². The number of aromatic nitrogens is 3. The molecule has 1 aromatic heterocycles. The lowest BCUT2D eigenvalue weighted by Crippen LogP contribution is -2.43. The molecule has 0 spiro atoms. The molecule has 1 saturated carbocycles. The third-order valence-corrected chi connectivity index (χ3v) is 5.22. The van der Waals surface area contributed by atoms with Gasteiger partial charge in [-0.05, 0) is 40.0 Å². The van der Waals surface area contributed by atoms with Gasteiger partial charge in [0.25, 0.3) is 5.91 Å². The Balaban J connectivity index is 1.89. The fourth-order valence-electron chi connectivity index (χ4n) is 4.04. The van der Waals surface area contributed by atoms with E-state index < -0.39 is 11.4 Å². The van der Waals surface area contributed by atoms with E-state index in [0.717, 1.165) is 18.5 Å². The molecule has 1 aliphatic heterocycles. The van der Waals surface area contributed by atoms with Crippen LogP contribution in [0.3, 0.4) is 0 Å². The highest BCUT2D eigenvalue weighted by molar-refractivity contribution is 5.94. The molecule has 3 rings (SSSR count). The SMILES string of the molecule is Cc1c(C(=O)N2CC[C@]3(C(=O)O)CCC[C@H]23)nnn1C(C)C. The van der Waals surface area contributed by atoms with Crippen molar-refractivity contribution >= 4 is 11.9 Å². The van der Waals surface area contributed by atoms with Gasteiger partial charge in [-0.15, -0.1) is 5.10 Å². The van der Waals surface area contributed by atoms with E-state index in [9.17, 15) is 14.7 Å². The summed E-state index contributed by atoms with van der Waals surface area (Å²) in [5, 5.41) is 17.7. The number of carboxylic acid groups (broad SMARTS) is 1. The first-order chi connectivity index (χ1) is 10.4. The fourth-order valence-corrected chi connectivity index (χ4v) is 4.04. The summed E-state index contributed by atoms with van der Waals surface area (Å²) in [6.45, 7) is 6.29. The Hall–Kier alpha value is -1.92. The number of aliphatic carboxylic acids is 1. The molecule has 2 fully saturated rings. The van der Waals surface area contributed by atoms with E-state index in [1.165, 1.54) is 0 Å². The third kappa shape index (κ3) is 1.94. The maximum Gasteiger partial charge on any atom is 0.311 e. The molecular weight excluding hydrogens is 284 g/mol. The summed E-state index contributed by atoms with van der Waals surface area (Å²) in [6.07, 6.45) is 2.82. The molecule has 1 amide bonds. The van der Waals surface area contributed by atoms with Gasteiger partial charge in [0.05, 0.1) is 11.1 Å². The molecule has 7 heteroatoms. The Bertz CT molecular complexity index is 624. The van der Waals surface area contributed by atoms with Gasteiger partial charge < -0.3 is 10.0 Å². The van der Waals surface area contributed by atoms with Crippen molar-refractivity contribution in [1.82, 2.24) is 19.9 Å². The second kappa shape index (κ2) is 5.07. The highest BCUT2D eigenvalue weighted by atomic mass is 16.4. The number of rotatable bonds is 3. The summed E-state index contributed by atoms with van der Waals surface area (Å²) in [6, 6.07) is -0.0710. The molecule has 22 heavy (non-hydrogen) atoms. The van der Waals surface area contributed by atoms with Gasteiger partial charge in [-0.3, -0.25) is 9.59 Å². The van der Waals surface area contributed by atoms with Gasteiger partial charge in [0.2, 0.25) is 0 Å². The number of hydrogen-bond acceptors (Lipinski definition) is 4. The van der Waals surface area contributed by atoms with Crippen LogP contribution in [0.2, 0.25) is 0 Å². The van der Waals surface area contributed by atoms with Crippen LogP contribution in [-0.2, 0) is 4.79 Å². The zero-order valence-corrected chi connectivity index (χ0v) is 13.2. The van der Waals surface area contributed by atoms with Gasteiger partial charge in [-0.2, -0.15) is 0 Å². The smallest absolute Gasteiger partial charge is 0.311 e. The highest BCUT2D eigenvalue weighted by Crippen LogP contribution is 2.49. The van der Waals surface area contributed by atoms with E-state index in [4.69, 9.17) is 0 Å². The van der Waals surface area contributed by atoms with Crippen molar-refractivity contribution in [1.29, 1.82) is 0 Å². The molecule has 120 valence electrons. The third-order valence-electron chi connectivity index (χ3n) is 5.22. The Labute approximate surface area is 129 Å². The van der Waals surface area contributed by atoms with E-state index >= 15 is 0 Å². The molecule has 1 aromatic rings. The van der Waals surface area contributed by atoms with Gasteiger partial charge in [0.1, 0.15) is 0 Å². The fraction of sp³-hybridized carbons (Fsp3) is 0.733. The van der Waals surface area contributed by atoms with E-state index in [2.05, 4.69) is 10.3 Å². The van der Waals surface area contributed by atoms with Crippen LogP contribution in [0.1, 0.15) is 61.8 Å². The Morgan fingerprint density at radius 1 is 1.36 bits per heavy atom. The van der Waals surface area contributed by atoms with Crippen LogP contribution in [0.25, 0.3) is 0 Å². The van der Waals surface area contributed by atoms with Gasteiger partial charge in [-0.25, -0.2) is 4.68 Å².